The van der Waals surface area contributed by atoms with Crippen molar-refractivity contribution < 1.29 is 43.9 Å². The molecule has 0 spiro atoms. The molecule has 0 unspecified atom stereocenters. The first kappa shape index (κ1) is 30.7. The predicted octanol–water partition coefficient (Wildman–Crippen LogP) is 6.12. The largest absolute Gasteiger partial charge is 0.643 e. The maximum atomic E-state index is 12.2. The fourth-order valence-electron chi connectivity index (χ4n) is 0.623. The molecule has 0 rings (SSSR count). The number of halogens is 13. The van der Waals surface area contributed by atoms with Gasteiger partial charge in [0.1, 0.15) is 0 Å². The highest BCUT2D eigenvalue weighted by Gasteiger charge is 2.41. The lowest BCUT2D eigenvalue weighted by Crippen LogP contribution is -2.36. The van der Waals surface area contributed by atoms with Crippen molar-refractivity contribution in [2.45, 2.75) is 12.2 Å². The Kier molecular flexibility index (Phi) is 15.5. The molecule has 0 fully saturated rings. The van der Waals surface area contributed by atoms with Crippen molar-refractivity contribution in [2.24, 2.45) is 0 Å². The molecule has 0 aromatic rings. The number of likely N-dealkylation sites (N-methyl/N-ethyl adjacent to an activating group) is 1. The summed E-state index contributed by atoms with van der Waals surface area (Å²) >= 11 is -1.72. The third kappa shape index (κ3) is 14.1. The maximum absolute atomic E-state index is 12.2. The number of hydrogen-bond acceptors (Lipinski definition) is 2. The molecule has 0 atom stereocenters. The first-order valence-corrected chi connectivity index (χ1v) is 11.0. The predicted molar refractivity (Wildman–Crippen MR) is 81.3 cm³/mol. The molecular weight excluding hydrogens is 471 g/mol. The molecule has 0 saturated carbocycles. The topological polar surface area (TPSA) is 6.48 Å². The standard InChI is InChI=1S/2C5H6F5N.Al.3ClH/c1-11(2)4(7)3(6)5(8,9)10;1-11(2)5(9,10)3(6)4(7)8;;;;/h2*1-2H3;;3*1H/q;;+3;;;/p-3/b4-3-;;;;;. The Bertz CT molecular complexity index is 473. The Morgan fingerprint density at radius 2 is 1.04 bits per heavy atom. The fourth-order valence-corrected chi connectivity index (χ4v) is 0.623. The Labute approximate surface area is 159 Å². The molecule has 0 saturated heterocycles. The van der Waals surface area contributed by atoms with Crippen molar-refractivity contribution in [2.75, 3.05) is 28.2 Å². The first-order chi connectivity index (χ1) is 11.3. The Hall–Kier alpha value is -0.0575. The van der Waals surface area contributed by atoms with E-state index in [-0.39, 0.29) is 4.90 Å². The van der Waals surface area contributed by atoms with E-state index in [9.17, 15) is 43.9 Å². The van der Waals surface area contributed by atoms with Gasteiger partial charge in [-0.05, 0) is 14.1 Å². The van der Waals surface area contributed by atoms with E-state index in [1.54, 1.807) is 0 Å². The second-order valence-electron chi connectivity index (χ2n) is 4.25. The van der Waals surface area contributed by atoms with Crippen LogP contribution in [0.25, 0.3) is 0 Å². The highest BCUT2D eigenvalue weighted by Crippen LogP contribution is 2.31. The second-order valence-corrected chi connectivity index (χ2v) is 10.7. The van der Waals surface area contributed by atoms with E-state index in [0.29, 0.717) is 4.90 Å². The molecular formula is C10H12AlCl3F10N2. The average Bonchev–Trinajstić information content (AvgIpc) is 2.43. The number of alkyl halides is 5. The summed E-state index contributed by atoms with van der Waals surface area (Å²) in [5.41, 5.74) is 0. The van der Waals surface area contributed by atoms with Crippen LogP contribution in [0.1, 0.15) is 0 Å². The average molecular weight is 484 g/mol. The molecule has 16 heteroatoms. The lowest BCUT2D eigenvalue weighted by atomic mass is 10.4. The van der Waals surface area contributed by atoms with Crippen LogP contribution in [-0.2, 0) is 0 Å². The van der Waals surface area contributed by atoms with Crippen molar-refractivity contribution in [1.29, 1.82) is 0 Å². The van der Waals surface area contributed by atoms with Gasteiger partial charge in [-0.2, -0.15) is 43.9 Å². The van der Waals surface area contributed by atoms with E-state index < -0.39 is 47.3 Å². The number of allylic oxidation sites excluding steroid dienone is 1. The van der Waals surface area contributed by atoms with Crippen LogP contribution in [0, 0.1) is 0 Å². The molecule has 0 aliphatic rings. The number of nitrogens with zero attached hydrogens (tertiary/aromatic N) is 2. The van der Waals surface area contributed by atoms with Crippen molar-refractivity contribution in [3.05, 3.63) is 23.7 Å². The fraction of sp³-hybridized carbons (Fsp3) is 0.600. The van der Waals surface area contributed by atoms with Crippen LogP contribution in [0.15, 0.2) is 23.7 Å². The lowest BCUT2D eigenvalue weighted by Gasteiger charge is -2.20. The van der Waals surface area contributed by atoms with Crippen molar-refractivity contribution in [3.8, 4) is 0 Å². The van der Waals surface area contributed by atoms with Gasteiger partial charge < -0.3 is 4.90 Å². The monoisotopic (exact) mass is 482 g/mol. The number of hydrogen-bond donors (Lipinski definition) is 0. The van der Waals surface area contributed by atoms with Crippen LogP contribution in [-0.4, -0.2) is 61.6 Å². The third-order valence-electron chi connectivity index (χ3n) is 1.81. The van der Waals surface area contributed by atoms with Gasteiger partial charge in [-0.3, -0.25) is 0 Å². The summed E-state index contributed by atoms with van der Waals surface area (Å²) < 4.78 is 117. The van der Waals surface area contributed by atoms with Gasteiger partial charge in [0.15, 0.2) is 0 Å². The quantitative estimate of drug-likeness (QED) is 0.271. The van der Waals surface area contributed by atoms with Gasteiger partial charge in [0.05, 0.1) is 0 Å². The summed E-state index contributed by atoms with van der Waals surface area (Å²) in [6.45, 7) is 0. The van der Waals surface area contributed by atoms with E-state index in [1.165, 1.54) is 0 Å². The minimum absolute atomic E-state index is 0.0570. The normalized spacial score (nSPS) is 12.2. The minimum Gasteiger partial charge on any atom is -0.352 e. The highest BCUT2D eigenvalue weighted by atomic mass is 35.8. The molecule has 0 heterocycles. The van der Waals surface area contributed by atoms with Crippen LogP contribution < -0.4 is 0 Å². The molecule has 0 bridgehead atoms. The minimum atomic E-state index is -5.24. The zero-order valence-electron chi connectivity index (χ0n) is 13.4. The summed E-state index contributed by atoms with van der Waals surface area (Å²) in [6.07, 6.45) is -8.24. The number of rotatable bonds is 3. The van der Waals surface area contributed by atoms with E-state index in [4.69, 9.17) is 30.1 Å². The molecule has 0 amide bonds. The summed E-state index contributed by atoms with van der Waals surface area (Å²) in [5, 5.41) is 0. The zero-order valence-corrected chi connectivity index (χ0v) is 16.8. The molecule has 0 aliphatic heterocycles. The van der Waals surface area contributed by atoms with Gasteiger partial charge >= 0.3 is 29.7 Å². The van der Waals surface area contributed by atoms with E-state index in [1.807, 2.05) is 0 Å². The molecule has 2 nitrogen and oxygen atoms in total. The zero-order chi connectivity index (χ0) is 22.0. The second kappa shape index (κ2) is 13.2. The van der Waals surface area contributed by atoms with Crippen molar-refractivity contribution in [3.63, 3.8) is 0 Å². The van der Waals surface area contributed by atoms with Crippen LogP contribution in [0.2, 0.25) is 0 Å². The summed E-state index contributed by atoms with van der Waals surface area (Å²) in [7, 11) is 18.4. The van der Waals surface area contributed by atoms with Crippen molar-refractivity contribution in [1.82, 2.24) is 9.80 Å². The summed E-state index contributed by atoms with van der Waals surface area (Å²) in [4.78, 5) is 0.463. The van der Waals surface area contributed by atoms with E-state index in [2.05, 4.69) is 0 Å². The van der Waals surface area contributed by atoms with E-state index >= 15 is 0 Å². The van der Waals surface area contributed by atoms with Gasteiger partial charge in [0, 0.05) is 14.1 Å². The summed E-state index contributed by atoms with van der Waals surface area (Å²) in [5.74, 6) is -7.33. The Morgan fingerprint density at radius 1 is 0.731 bits per heavy atom. The van der Waals surface area contributed by atoms with Crippen LogP contribution in [0.5, 0.6) is 0 Å². The molecule has 0 aromatic heterocycles. The molecule has 156 valence electrons. The Morgan fingerprint density at radius 3 is 1.12 bits per heavy atom. The maximum Gasteiger partial charge on any atom is 0.643 e. The Balaban J connectivity index is -0.000000338. The van der Waals surface area contributed by atoms with Gasteiger partial charge in [0.25, 0.3) is 5.83 Å². The molecule has 26 heavy (non-hydrogen) atoms. The van der Waals surface area contributed by atoms with Crippen molar-refractivity contribution >= 4 is 41.5 Å². The van der Waals surface area contributed by atoms with Crippen LogP contribution >= 0.6 is 30.1 Å². The van der Waals surface area contributed by atoms with Gasteiger partial charge in [-0.15, -0.1) is 0 Å². The van der Waals surface area contributed by atoms with E-state index in [0.717, 1.165) is 28.2 Å². The highest BCUT2D eigenvalue weighted by molar-refractivity contribution is 7.54. The lowest BCUT2D eigenvalue weighted by molar-refractivity contribution is -0.113. The van der Waals surface area contributed by atoms with Crippen LogP contribution in [0.4, 0.5) is 43.9 Å². The third-order valence-corrected chi connectivity index (χ3v) is 1.81. The molecule has 0 aliphatic carbocycles. The molecule has 0 radical (unpaired) electrons. The smallest absolute Gasteiger partial charge is 0.352 e. The SMILES string of the molecule is CN(C)/C(F)=C(\F)C(F)(F)F.CN(C)C(F)(F)C(F)=C(F)F.[Cl][Al]([Cl])[Cl]. The van der Waals surface area contributed by atoms with Gasteiger partial charge in [0.2, 0.25) is 11.8 Å². The molecule has 0 aromatic carbocycles. The first-order valence-electron chi connectivity index (χ1n) is 5.78. The van der Waals surface area contributed by atoms with Gasteiger partial charge in [-0.25, -0.2) is 35.0 Å². The van der Waals surface area contributed by atoms with Gasteiger partial charge in [-0.1, -0.05) is 0 Å². The van der Waals surface area contributed by atoms with Crippen LogP contribution in [0.3, 0.4) is 0 Å². The summed E-state index contributed by atoms with van der Waals surface area (Å²) in [6, 6.07) is -4.22. The molecule has 0 N–H and O–H groups in total.